The molecular weight excluding hydrogens is 448 g/mol. The number of carbonyl (C=O) groups excluding carboxylic acids is 2. The second-order valence-corrected chi connectivity index (χ2v) is 9.70. The summed E-state index contributed by atoms with van der Waals surface area (Å²) in [6.07, 6.45) is 1.47. The first-order valence-corrected chi connectivity index (χ1v) is 12.1. The predicted molar refractivity (Wildman–Crippen MR) is 128 cm³/mol. The number of methoxy groups -OCH3 is 1. The number of carboxylic acid groups (broad SMARTS) is 1. The van der Waals surface area contributed by atoms with Crippen LogP contribution < -0.4 is 5.32 Å². The predicted octanol–water partition coefficient (Wildman–Crippen LogP) is 3.40. The molecule has 0 spiro atoms. The average Bonchev–Trinajstić information content (AvgIpc) is 3.40. The van der Waals surface area contributed by atoms with E-state index in [1.807, 2.05) is 24.3 Å². The smallest absolute Gasteiger partial charge is 0.407 e. The minimum Gasteiger partial charge on any atom is -0.479 e. The fourth-order valence-electron chi connectivity index (χ4n) is 5.84. The molecule has 1 heterocycles. The van der Waals surface area contributed by atoms with Gasteiger partial charge in [-0.1, -0.05) is 48.5 Å². The van der Waals surface area contributed by atoms with E-state index in [0.717, 1.165) is 11.1 Å². The van der Waals surface area contributed by atoms with Crippen molar-refractivity contribution >= 4 is 18.0 Å². The molecule has 1 saturated heterocycles. The molecule has 2 aromatic rings. The summed E-state index contributed by atoms with van der Waals surface area (Å²) in [6, 6.07) is 16.2. The molecule has 2 amide bonds. The summed E-state index contributed by atoms with van der Waals surface area (Å²) in [4.78, 5) is 39.0. The van der Waals surface area contributed by atoms with Gasteiger partial charge in [-0.25, -0.2) is 9.59 Å². The number of alkyl carbamates (subject to hydrolysis) is 1. The number of amides is 2. The summed E-state index contributed by atoms with van der Waals surface area (Å²) < 4.78 is 10.7. The van der Waals surface area contributed by atoms with Gasteiger partial charge in [0.1, 0.15) is 6.61 Å². The van der Waals surface area contributed by atoms with E-state index < -0.39 is 17.6 Å². The first-order valence-electron chi connectivity index (χ1n) is 12.1. The third kappa shape index (κ3) is 4.05. The molecule has 8 heteroatoms. The van der Waals surface area contributed by atoms with Crippen LogP contribution in [0.1, 0.15) is 42.7 Å². The van der Waals surface area contributed by atoms with Crippen LogP contribution in [0.3, 0.4) is 0 Å². The van der Waals surface area contributed by atoms with Crippen molar-refractivity contribution in [1.82, 2.24) is 10.2 Å². The van der Waals surface area contributed by atoms with E-state index in [0.29, 0.717) is 32.2 Å². The molecule has 2 aliphatic carbocycles. The molecule has 3 aliphatic rings. The molecule has 1 saturated carbocycles. The van der Waals surface area contributed by atoms with Crippen LogP contribution in [-0.4, -0.2) is 66.4 Å². The number of ether oxygens (including phenoxy) is 2. The van der Waals surface area contributed by atoms with Gasteiger partial charge in [0.2, 0.25) is 5.91 Å². The summed E-state index contributed by atoms with van der Waals surface area (Å²) in [5, 5.41) is 12.6. The van der Waals surface area contributed by atoms with Crippen LogP contribution >= 0.6 is 0 Å². The van der Waals surface area contributed by atoms with Gasteiger partial charge in [0.15, 0.2) is 5.54 Å². The van der Waals surface area contributed by atoms with E-state index >= 15 is 0 Å². The number of hydrogen-bond acceptors (Lipinski definition) is 5. The number of carbonyl (C=O) groups is 3. The molecule has 0 radical (unpaired) electrons. The van der Waals surface area contributed by atoms with E-state index in [1.54, 1.807) is 0 Å². The molecule has 35 heavy (non-hydrogen) atoms. The second-order valence-electron chi connectivity index (χ2n) is 9.70. The average molecular weight is 479 g/mol. The SMILES string of the molecule is COCC1(C(=O)O)CCCN1C(=O)C1CC(NC(=O)OCC2c3ccccc3-c3ccccc32)C1. The van der Waals surface area contributed by atoms with Crippen LogP contribution in [-0.2, 0) is 19.1 Å². The van der Waals surface area contributed by atoms with Crippen molar-refractivity contribution < 1.29 is 29.0 Å². The summed E-state index contributed by atoms with van der Waals surface area (Å²) >= 11 is 0. The fraction of sp³-hybridized carbons (Fsp3) is 0.444. The molecule has 1 atom stereocenters. The van der Waals surface area contributed by atoms with E-state index in [1.165, 1.54) is 23.1 Å². The fourth-order valence-corrected chi connectivity index (χ4v) is 5.84. The van der Waals surface area contributed by atoms with Crippen LogP contribution in [0.2, 0.25) is 0 Å². The molecular formula is C27H30N2O6. The molecule has 2 aromatic carbocycles. The van der Waals surface area contributed by atoms with Crippen molar-refractivity contribution in [1.29, 1.82) is 0 Å². The maximum absolute atomic E-state index is 13.1. The van der Waals surface area contributed by atoms with Gasteiger partial charge in [0, 0.05) is 31.5 Å². The van der Waals surface area contributed by atoms with Gasteiger partial charge in [-0.05, 0) is 47.9 Å². The normalized spacial score (nSPS) is 24.9. The Morgan fingerprint density at radius 2 is 1.69 bits per heavy atom. The molecule has 1 aliphatic heterocycles. The number of carboxylic acids is 1. The van der Waals surface area contributed by atoms with Gasteiger partial charge < -0.3 is 24.8 Å². The quantitative estimate of drug-likeness (QED) is 0.632. The number of likely N-dealkylation sites (tertiary alicyclic amines) is 1. The van der Waals surface area contributed by atoms with Gasteiger partial charge >= 0.3 is 12.1 Å². The van der Waals surface area contributed by atoms with Crippen molar-refractivity contribution in [3.8, 4) is 11.1 Å². The molecule has 184 valence electrons. The van der Waals surface area contributed by atoms with E-state index in [-0.39, 0.29) is 37.0 Å². The van der Waals surface area contributed by atoms with Gasteiger partial charge in [-0.2, -0.15) is 0 Å². The minimum absolute atomic E-state index is 0.0102. The highest BCUT2D eigenvalue weighted by Crippen LogP contribution is 2.44. The maximum Gasteiger partial charge on any atom is 0.407 e. The number of nitrogens with zero attached hydrogens (tertiary/aromatic N) is 1. The van der Waals surface area contributed by atoms with E-state index in [2.05, 4.69) is 29.6 Å². The maximum atomic E-state index is 13.1. The number of aliphatic carboxylic acids is 1. The minimum atomic E-state index is -1.29. The highest BCUT2D eigenvalue weighted by atomic mass is 16.5. The molecule has 0 bridgehead atoms. The van der Waals surface area contributed by atoms with Crippen molar-refractivity contribution in [2.45, 2.75) is 43.2 Å². The van der Waals surface area contributed by atoms with Crippen LogP contribution in [0, 0.1) is 5.92 Å². The summed E-state index contributed by atoms with van der Waals surface area (Å²) in [5.41, 5.74) is 3.35. The Balaban J connectivity index is 1.14. The van der Waals surface area contributed by atoms with Crippen molar-refractivity contribution in [3.63, 3.8) is 0 Å². The zero-order valence-electron chi connectivity index (χ0n) is 19.7. The number of nitrogens with one attached hydrogen (secondary N) is 1. The highest BCUT2D eigenvalue weighted by Gasteiger charge is 2.52. The number of fused-ring (bicyclic) bond motifs is 3. The molecule has 2 fully saturated rings. The van der Waals surface area contributed by atoms with E-state index in [4.69, 9.17) is 9.47 Å². The van der Waals surface area contributed by atoms with Gasteiger partial charge in [-0.15, -0.1) is 0 Å². The lowest BCUT2D eigenvalue weighted by atomic mass is 9.78. The number of hydrogen-bond donors (Lipinski definition) is 2. The Bertz CT molecular complexity index is 1100. The largest absolute Gasteiger partial charge is 0.479 e. The zero-order valence-corrected chi connectivity index (χ0v) is 19.7. The topological polar surface area (TPSA) is 105 Å². The summed E-state index contributed by atoms with van der Waals surface area (Å²) in [7, 11) is 1.45. The van der Waals surface area contributed by atoms with Gasteiger partial charge in [0.05, 0.1) is 6.61 Å². The molecule has 2 N–H and O–H groups in total. The Kier molecular flexibility index (Phi) is 6.23. The molecule has 1 unspecified atom stereocenters. The van der Waals surface area contributed by atoms with Crippen LogP contribution in [0.15, 0.2) is 48.5 Å². The van der Waals surface area contributed by atoms with Crippen molar-refractivity contribution in [2.24, 2.45) is 5.92 Å². The Morgan fingerprint density at radius 1 is 1.06 bits per heavy atom. The molecule has 5 rings (SSSR count). The monoisotopic (exact) mass is 478 g/mol. The van der Waals surface area contributed by atoms with Crippen LogP contribution in [0.5, 0.6) is 0 Å². The molecule has 8 nitrogen and oxygen atoms in total. The first kappa shape index (κ1) is 23.4. The Labute approximate surface area is 204 Å². The van der Waals surface area contributed by atoms with Gasteiger partial charge in [-0.3, -0.25) is 4.79 Å². The number of rotatable bonds is 7. The zero-order chi connectivity index (χ0) is 24.6. The summed E-state index contributed by atoms with van der Waals surface area (Å²) in [5.74, 6) is -1.52. The first-order chi connectivity index (χ1) is 16.9. The third-order valence-electron chi connectivity index (χ3n) is 7.69. The lowest BCUT2D eigenvalue weighted by molar-refractivity contribution is -0.163. The lowest BCUT2D eigenvalue weighted by Crippen LogP contribution is -2.59. The molecule has 0 aromatic heterocycles. The Hall–Kier alpha value is -3.39. The van der Waals surface area contributed by atoms with Gasteiger partial charge in [0.25, 0.3) is 0 Å². The van der Waals surface area contributed by atoms with Crippen molar-refractivity contribution in [3.05, 3.63) is 59.7 Å². The lowest BCUT2D eigenvalue weighted by Gasteiger charge is -2.41. The number of benzene rings is 2. The summed E-state index contributed by atoms with van der Waals surface area (Å²) in [6.45, 7) is 0.624. The van der Waals surface area contributed by atoms with Crippen LogP contribution in [0.4, 0.5) is 4.79 Å². The highest BCUT2D eigenvalue weighted by molar-refractivity contribution is 5.89. The second kappa shape index (κ2) is 9.34. The van der Waals surface area contributed by atoms with Crippen molar-refractivity contribution in [2.75, 3.05) is 26.9 Å². The Morgan fingerprint density at radius 3 is 2.29 bits per heavy atom. The standard InChI is InChI=1S/C27H30N2O6/c1-34-16-27(25(31)32)11-6-12-29(27)24(30)17-13-18(14-17)28-26(33)35-15-23-21-9-4-2-7-19(21)20-8-3-5-10-22(20)23/h2-5,7-10,17-18,23H,6,11-16H2,1H3,(H,28,33)(H,31,32). The van der Waals surface area contributed by atoms with Crippen LogP contribution in [0.25, 0.3) is 11.1 Å². The third-order valence-corrected chi connectivity index (χ3v) is 7.69. The van der Waals surface area contributed by atoms with E-state index in [9.17, 15) is 19.5 Å².